The Bertz CT molecular complexity index is 1030. The molecule has 1 N–H and O–H groups in total. The Hall–Kier alpha value is -3.16. The van der Waals surface area contributed by atoms with Crippen molar-refractivity contribution in [2.45, 2.75) is 33.4 Å². The molecule has 0 saturated carbocycles. The number of carbonyl (C=O) groups excluding carboxylic acids is 1. The molecule has 1 aromatic carbocycles. The van der Waals surface area contributed by atoms with E-state index in [1.54, 1.807) is 18.7 Å². The number of benzene rings is 1. The third kappa shape index (κ3) is 2.54. The van der Waals surface area contributed by atoms with Crippen LogP contribution < -0.4 is 0 Å². The molecular formula is C18H19N5O3. The van der Waals surface area contributed by atoms with Gasteiger partial charge in [0.05, 0.1) is 4.92 Å². The first-order chi connectivity index (χ1) is 12.5. The van der Waals surface area contributed by atoms with Crippen molar-refractivity contribution in [3.05, 3.63) is 57.0 Å². The van der Waals surface area contributed by atoms with Gasteiger partial charge in [0.2, 0.25) is 5.91 Å². The Labute approximate surface area is 149 Å². The summed E-state index contributed by atoms with van der Waals surface area (Å²) in [4.78, 5) is 28.7. The van der Waals surface area contributed by atoms with Gasteiger partial charge in [-0.15, -0.1) is 0 Å². The highest BCUT2D eigenvalue weighted by Gasteiger charge is 2.27. The van der Waals surface area contributed by atoms with Crippen LogP contribution in [0.15, 0.2) is 24.3 Å². The van der Waals surface area contributed by atoms with Crippen molar-refractivity contribution in [1.82, 2.24) is 19.7 Å². The lowest BCUT2D eigenvalue weighted by atomic mass is 10.0. The minimum atomic E-state index is -0.447. The predicted octanol–water partition coefficient (Wildman–Crippen LogP) is 2.47. The maximum Gasteiger partial charge on any atom is 0.312 e. The van der Waals surface area contributed by atoms with E-state index < -0.39 is 4.92 Å². The summed E-state index contributed by atoms with van der Waals surface area (Å²) >= 11 is 0. The monoisotopic (exact) mass is 353 g/mol. The van der Waals surface area contributed by atoms with Crippen LogP contribution in [0.3, 0.4) is 0 Å². The fourth-order valence-electron chi connectivity index (χ4n) is 3.71. The Morgan fingerprint density at radius 1 is 1.35 bits per heavy atom. The van der Waals surface area contributed by atoms with Crippen molar-refractivity contribution in [3.63, 3.8) is 0 Å². The minimum Gasteiger partial charge on any atom is -0.358 e. The van der Waals surface area contributed by atoms with Crippen LogP contribution >= 0.6 is 0 Å². The van der Waals surface area contributed by atoms with Gasteiger partial charge >= 0.3 is 5.69 Å². The standard InChI is InChI=1S/C18H19N5O3/c1-11-18(23(25)26)12(2)22(20-11)10-17(24)21-8-7-16-14(9-21)13-5-3-4-6-15(13)19-16/h3-6,19H,7-10H2,1-2H3. The quantitative estimate of drug-likeness (QED) is 0.578. The Morgan fingerprint density at radius 2 is 2.12 bits per heavy atom. The lowest BCUT2D eigenvalue weighted by Crippen LogP contribution is -2.38. The van der Waals surface area contributed by atoms with Crippen LogP contribution in [0, 0.1) is 24.0 Å². The number of amides is 1. The second-order valence-corrected chi connectivity index (χ2v) is 6.63. The average Bonchev–Trinajstić information content (AvgIpc) is 3.11. The number of aromatic nitrogens is 3. The molecule has 0 fully saturated rings. The van der Waals surface area contributed by atoms with E-state index in [0.717, 1.165) is 22.9 Å². The first-order valence-electron chi connectivity index (χ1n) is 8.50. The normalized spacial score (nSPS) is 13.8. The van der Waals surface area contributed by atoms with Gasteiger partial charge in [-0.3, -0.25) is 19.6 Å². The van der Waals surface area contributed by atoms with Gasteiger partial charge in [0.1, 0.15) is 17.9 Å². The molecule has 3 heterocycles. The summed E-state index contributed by atoms with van der Waals surface area (Å²) in [5, 5.41) is 16.4. The van der Waals surface area contributed by atoms with E-state index in [2.05, 4.69) is 16.1 Å². The Kier molecular flexibility index (Phi) is 3.75. The van der Waals surface area contributed by atoms with Gasteiger partial charge in [-0.25, -0.2) is 0 Å². The van der Waals surface area contributed by atoms with E-state index in [-0.39, 0.29) is 18.1 Å². The molecule has 8 heteroatoms. The smallest absolute Gasteiger partial charge is 0.312 e. The summed E-state index contributed by atoms with van der Waals surface area (Å²) in [7, 11) is 0. The summed E-state index contributed by atoms with van der Waals surface area (Å²) < 4.78 is 1.43. The topological polar surface area (TPSA) is 97.1 Å². The zero-order chi connectivity index (χ0) is 18.4. The van der Waals surface area contributed by atoms with Gasteiger partial charge in [0.15, 0.2) is 0 Å². The van der Waals surface area contributed by atoms with E-state index in [9.17, 15) is 14.9 Å². The molecule has 0 saturated heterocycles. The fourth-order valence-corrected chi connectivity index (χ4v) is 3.71. The number of carbonyl (C=O) groups is 1. The van der Waals surface area contributed by atoms with Crippen molar-refractivity contribution in [1.29, 1.82) is 0 Å². The van der Waals surface area contributed by atoms with Crippen LogP contribution in [-0.4, -0.2) is 37.0 Å². The van der Waals surface area contributed by atoms with Gasteiger partial charge < -0.3 is 9.88 Å². The molecule has 3 aromatic rings. The van der Waals surface area contributed by atoms with Crippen LogP contribution in [0.25, 0.3) is 10.9 Å². The average molecular weight is 353 g/mol. The molecular weight excluding hydrogens is 334 g/mol. The van der Waals surface area contributed by atoms with Gasteiger partial charge in [0.25, 0.3) is 0 Å². The van der Waals surface area contributed by atoms with Crippen LogP contribution in [-0.2, 0) is 24.3 Å². The lowest BCUT2D eigenvalue weighted by molar-refractivity contribution is -0.386. The van der Waals surface area contributed by atoms with Crippen LogP contribution in [0.2, 0.25) is 0 Å². The molecule has 0 atom stereocenters. The van der Waals surface area contributed by atoms with E-state index in [1.165, 1.54) is 10.4 Å². The third-order valence-corrected chi connectivity index (χ3v) is 5.05. The lowest BCUT2D eigenvalue weighted by Gasteiger charge is -2.27. The highest BCUT2D eigenvalue weighted by Crippen LogP contribution is 2.28. The van der Waals surface area contributed by atoms with Crippen LogP contribution in [0.1, 0.15) is 22.6 Å². The number of fused-ring (bicyclic) bond motifs is 3. The zero-order valence-electron chi connectivity index (χ0n) is 14.7. The summed E-state index contributed by atoms with van der Waals surface area (Å²) in [5.74, 6) is -0.0820. The number of nitrogens with one attached hydrogen (secondary N) is 1. The van der Waals surface area contributed by atoms with E-state index in [1.807, 2.05) is 18.2 Å². The highest BCUT2D eigenvalue weighted by molar-refractivity contribution is 5.86. The number of nitro groups is 1. The first-order valence-corrected chi connectivity index (χ1v) is 8.50. The van der Waals surface area contributed by atoms with Gasteiger partial charge in [-0.05, 0) is 19.9 Å². The van der Waals surface area contributed by atoms with Crippen molar-refractivity contribution in [2.24, 2.45) is 0 Å². The SMILES string of the molecule is Cc1nn(CC(=O)N2CCc3[nH]c4ccccc4c3C2)c(C)c1[N+](=O)[O-]. The molecule has 0 aliphatic carbocycles. The number of hydrogen-bond acceptors (Lipinski definition) is 4. The van der Waals surface area contributed by atoms with Gasteiger partial charge in [0, 0.05) is 41.7 Å². The zero-order valence-corrected chi connectivity index (χ0v) is 14.7. The fraction of sp³-hybridized carbons (Fsp3) is 0.333. The van der Waals surface area contributed by atoms with Crippen LogP contribution in [0.4, 0.5) is 5.69 Å². The molecule has 0 unspecified atom stereocenters. The van der Waals surface area contributed by atoms with Crippen LogP contribution in [0.5, 0.6) is 0 Å². The van der Waals surface area contributed by atoms with E-state index >= 15 is 0 Å². The molecule has 26 heavy (non-hydrogen) atoms. The number of nitrogens with zero attached hydrogens (tertiary/aromatic N) is 4. The molecule has 0 bridgehead atoms. The molecule has 8 nitrogen and oxygen atoms in total. The largest absolute Gasteiger partial charge is 0.358 e. The Balaban J connectivity index is 1.57. The molecule has 0 radical (unpaired) electrons. The molecule has 134 valence electrons. The highest BCUT2D eigenvalue weighted by atomic mass is 16.6. The molecule has 0 spiro atoms. The predicted molar refractivity (Wildman–Crippen MR) is 95.8 cm³/mol. The summed E-state index contributed by atoms with van der Waals surface area (Å²) in [5.41, 5.74) is 4.14. The van der Waals surface area contributed by atoms with E-state index in [4.69, 9.17) is 0 Å². The maximum atomic E-state index is 12.8. The maximum absolute atomic E-state index is 12.8. The van der Waals surface area contributed by atoms with Crippen molar-refractivity contribution in [3.8, 4) is 0 Å². The number of H-pyrrole nitrogens is 1. The Morgan fingerprint density at radius 3 is 2.85 bits per heavy atom. The molecule has 1 aliphatic rings. The van der Waals surface area contributed by atoms with Crippen molar-refractivity contribution >= 4 is 22.5 Å². The number of para-hydroxylation sites is 1. The van der Waals surface area contributed by atoms with Gasteiger partial charge in [-0.1, -0.05) is 18.2 Å². The number of aryl methyl sites for hydroxylation is 1. The second-order valence-electron chi connectivity index (χ2n) is 6.63. The molecule has 2 aromatic heterocycles. The van der Waals surface area contributed by atoms with Crippen molar-refractivity contribution < 1.29 is 9.72 Å². The molecule has 4 rings (SSSR count). The molecule has 1 amide bonds. The van der Waals surface area contributed by atoms with Crippen molar-refractivity contribution in [2.75, 3.05) is 6.54 Å². The summed E-state index contributed by atoms with van der Waals surface area (Å²) in [6.45, 7) is 4.39. The van der Waals surface area contributed by atoms with Gasteiger partial charge in [-0.2, -0.15) is 5.10 Å². The minimum absolute atomic E-state index is 0.0121. The number of hydrogen-bond donors (Lipinski definition) is 1. The second kappa shape index (κ2) is 5.98. The number of rotatable bonds is 3. The number of aromatic amines is 1. The molecule has 1 aliphatic heterocycles. The van der Waals surface area contributed by atoms with E-state index in [0.29, 0.717) is 24.5 Å². The summed E-state index contributed by atoms with van der Waals surface area (Å²) in [6, 6.07) is 8.08. The first kappa shape index (κ1) is 16.3. The third-order valence-electron chi connectivity index (χ3n) is 5.05. The summed E-state index contributed by atoms with van der Waals surface area (Å²) in [6.07, 6.45) is 0.771.